The van der Waals surface area contributed by atoms with Gasteiger partial charge in [0.15, 0.2) is 5.79 Å². The van der Waals surface area contributed by atoms with Gasteiger partial charge in [-0.3, -0.25) is 0 Å². The van der Waals surface area contributed by atoms with Crippen molar-refractivity contribution >= 4 is 0 Å². The Labute approximate surface area is 143 Å². The highest BCUT2D eigenvalue weighted by molar-refractivity contribution is 5.40. The van der Waals surface area contributed by atoms with Gasteiger partial charge in [0.1, 0.15) is 0 Å². The lowest BCUT2D eigenvalue weighted by Crippen LogP contribution is -2.43. The van der Waals surface area contributed by atoms with E-state index >= 15 is 0 Å². The Kier molecular flexibility index (Phi) is 3.95. The van der Waals surface area contributed by atoms with E-state index in [0.29, 0.717) is 19.4 Å². The van der Waals surface area contributed by atoms with Crippen LogP contribution in [0.3, 0.4) is 0 Å². The van der Waals surface area contributed by atoms with Crippen molar-refractivity contribution in [1.82, 2.24) is 0 Å². The number of hydrogen-bond acceptors (Lipinski definition) is 3. The van der Waals surface area contributed by atoms with Crippen LogP contribution in [0, 0.1) is 6.92 Å². The Morgan fingerprint density at radius 3 is 2.62 bits per heavy atom. The Bertz CT molecular complexity index is 725. The molecule has 0 aliphatic carbocycles. The molecule has 4 rings (SSSR count). The smallest absolute Gasteiger partial charge is 0.198 e. The normalized spacial score (nSPS) is 29.0. The number of ether oxygens (including phenoxy) is 2. The van der Waals surface area contributed by atoms with Crippen LogP contribution >= 0.6 is 0 Å². The maximum absolute atomic E-state index is 10.2. The molecule has 2 heterocycles. The van der Waals surface area contributed by atoms with E-state index in [-0.39, 0.29) is 12.2 Å². The number of rotatable bonds is 2. The van der Waals surface area contributed by atoms with Gasteiger partial charge in [-0.15, -0.1) is 0 Å². The minimum absolute atomic E-state index is 0.000421. The molecule has 2 aliphatic rings. The summed E-state index contributed by atoms with van der Waals surface area (Å²) in [7, 11) is 0. The van der Waals surface area contributed by atoms with Gasteiger partial charge in [-0.1, -0.05) is 42.0 Å². The van der Waals surface area contributed by atoms with Crippen LogP contribution in [0.25, 0.3) is 0 Å². The van der Waals surface area contributed by atoms with Crippen molar-refractivity contribution in [2.24, 2.45) is 0 Å². The molecule has 3 nitrogen and oxygen atoms in total. The van der Waals surface area contributed by atoms with Crippen molar-refractivity contribution in [3.8, 4) is 0 Å². The van der Waals surface area contributed by atoms with Gasteiger partial charge in [-0.25, -0.2) is 0 Å². The van der Waals surface area contributed by atoms with Gasteiger partial charge in [0, 0.05) is 12.0 Å². The summed E-state index contributed by atoms with van der Waals surface area (Å²) in [5.74, 6) is -0.768. The monoisotopic (exact) mass is 324 g/mol. The van der Waals surface area contributed by atoms with Crippen LogP contribution in [0.1, 0.15) is 47.6 Å². The van der Waals surface area contributed by atoms with Gasteiger partial charge in [-0.2, -0.15) is 0 Å². The van der Waals surface area contributed by atoms with Crippen LogP contribution in [-0.2, 0) is 28.3 Å². The first-order valence-electron chi connectivity index (χ1n) is 8.72. The lowest BCUT2D eigenvalue weighted by Gasteiger charge is -2.39. The third-order valence-corrected chi connectivity index (χ3v) is 5.07. The topological polar surface area (TPSA) is 38.7 Å². The first kappa shape index (κ1) is 15.8. The number of benzene rings is 2. The van der Waals surface area contributed by atoms with Crippen molar-refractivity contribution < 1.29 is 14.6 Å². The molecule has 2 aromatic rings. The molecule has 0 bridgehead atoms. The Morgan fingerprint density at radius 1 is 1.12 bits per heavy atom. The molecule has 1 spiro atoms. The molecule has 3 atom stereocenters. The minimum Gasteiger partial charge on any atom is -0.393 e. The molecule has 1 N–H and O–H groups in total. The molecule has 1 fully saturated rings. The summed E-state index contributed by atoms with van der Waals surface area (Å²) in [6.45, 7) is 4.66. The first-order chi connectivity index (χ1) is 11.5. The quantitative estimate of drug-likeness (QED) is 0.912. The summed E-state index contributed by atoms with van der Waals surface area (Å²) in [4.78, 5) is 0. The van der Waals surface area contributed by atoms with E-state index in [0.717, 1.165) is 12.0 Å². The molecular weight excluding hydrogens is 300 g/mol. The van der Waals surface area contributed by atoms with Crippen molar-refractivity contribution in [2.45, 2.75) is 57.7 Å². The highest BCUT2D eigenvalue weighted by atomic mass is 16.7. The summed E-state index contributed by atoms with van der Waals surface area (Å²) in [5.41, 5.74) is 6.09. The number of hydrogen-bond donors (Lipinski definition) is 1. The van der Waals surface area contributed by atoms with E-state index in [2.05, 4.69) is 49.4 Å². The molecule has 1 saturated heterocycles. The maximum atomic E-state index is 10.2. The zero-order chi connectivity index (χ0) is 16.7. The summed E-state index contributed by atoms with van der Waals surface area (Å²) in [6.07, 6.45) is 1.70. The fourth-order valence-corrected chi connectivity index (χ4v) is 3.89. The van der Waals surface area contributed by atoms with Crippen molar-refractivity contribution in [1.29, 1.82) is 0 Å². The summed E-state index contributed by atoms with van der Waals surface area (Å²) < 4.78 is 12.2. The highest BCUT2D eigenvalue weighted by Gasteiger charge is 2.47. The zero-order valence-corrected chi connectivity index (χ0v) is 14.3. The van der Waals surface area contributed by atoms with E-state index in [1.165, 1.54) is 22.3 Å². The lowest BCUT2D eigenvalue weighted by atomic mass is 9.90. The van der Waals surface area contributed by atoms with Crippen LogP contribution in [0.2, 0.25) is 0 Å². The van der Waals surface area contributed by atoms with Gasteiger partial charge >= 0.3 is 0 Å². The molecule has 2 aliphatic heterocycles. The number of aryl methyl sites for hydroxylation is 1. The molecule has 2 aromatic carbocycles. The molecule has 24 heavy (non-hydrogen) atoms. The van der Waals surface area contributed by atoms with Gasteiger partial charge in [0.25, 0.3) is 0 Å². The van der Waals surface area contributed by atoms with E-state index in [1.807, 2.05) is 6.92 Å². The number of aliphatic hydroxyl groups is 1. The van der Waals surface area contributed by atoms with E-state index < -0.39 is 5.79 Å². The Morgan fingerprint density at radius 2 is 1.88 bits per heavy atom. The second-order valence-corrected chi connectivity index (χ2v) is 7.22. The van der Waals surface area contributed by atoms with E-state index in [1.54, 1.807) is 0 Å². The SMILES string of the molecule is Cc1ccc(Cc2ccc3c(c2)[C@]2(C[C@@H](O)C[C@@H](C)O2)OC3)cc1. The standard InChI is InChI=1S/C21H24O3/c1-14-3-5-16(6-4-14)10-17-7-8-18-13-23-21(20(18)11-17)12-19(22)9-15(2)24-21/h3-8,11,15,19,22H,9-10,12-13H2,1-2H3/t15-,19+,21-/m1/s1. The second kappa shape index (κ2) is 5.99. The van der Waals surface area contributed by atoms with Crippen molar-refractivity contribution in [2.75, 3.05) is 0 Å². The molecule has 0 unspecified atom stereocenters. The summed E-state index contributed by atoms with van der Waals surface area (Å²) in [6, 6.07) is 15.2. The predicted octanol–water partition coefficient (Wildman–Crippen LogP) is 3.83. The van der Waals surface area contributed by atoms with E-state index in [9.17, 15) is 5.11 Å². The van der Waals surface area contributed by atoms with E-state index in [4.69, 9.17) is 9.47 Å². The summed E-state index contributed by atoms with van der Waals surface area (Å²) in [5, 5.41) is 10.2. The van der Waals surface area contributed by atoms with Gasteiger partial charge in [-0.05, 0) is 49.4 Å². The van der Waals surface area contributed by atoms with Crippen LogP contribution in [0.4, 0.5) is 0 Å². The molecular formula is C21H24O3. The molecule has 3 heteroatoms. The zero-order valence-electron chi connectivity index (χ0n) is 14.3. The average molecular weight is 324 g/mol. The minimum atomic E-state index is -0.768. The van der Waals surface area contributed by atoms with Gasteiger partial charge in [0.05, 0.1) is 18.8 Å². The third-order valence-electron chi connectivity index (χ3n) is 5.07. The fourth-order valence-electron chi connectivity index (χ4n) is 3.89. The van der Waals surface area contributed by atoms with Gasteiger partial charge in [0.2, 0.25) is 0 Å². The Balaban J connectivity index is 1.64. The van der Waals surface area contributed by atoms with Crippen LogP contribution in [0.5, 0.6) is 0 Å². The third kappa shape index (κ3) is 2.88. The lowest BCUT2D eigenvalue weighted by molar-refractivity contribution is -0.295. The molecule has 0 radical (unpaired) electrons. The van der Waals surface area contributed by atoms with Crippen molar-refractivity contribution in [3.05, 3.63) is 70.3 Å². The highest BCUT2D eigenvalue weighted by Crippen LogP contribution is 2.45. The molecule has 0 aromatic heterocycles. The summed E-state index contributed by atoms with van der Waals surface area (Å²) >= 11 is 0. The largest absolute Gasteiger partial charge is 0.393 e. The Hall–Kier alpha value is -1.68. The maximum Gasteiger partial charge on any atom is 0.198 e. The van der Waals surface area contributed by atoms with Crippen molar-refractivity contribution in [3.63, 3.8) is 0 Å². The average Bonchev–Trinajstić information content (AvgIpc) is 2.86. The number of aliphatic hydroxyl groups excluding tert-OH is 1. The molecule has 0 amide bonds. The second-order valence-electron chi connectivity index (χ2n) is 7.22. The molecule has 126 valence electrons. The number of fused-ring (bicyclic) bond motifs is 2. The predicted molar refractivity (Wildman–Crippen MR) is 92.7 cm³/mol. The fraction of sp³-hybridized carbons (Fsp3) is 0.429. The van der Waals surface area contributed by atoms with Crippen LogP contribution in [-0.4, -0.2) is 17.3 Å². The molecule has 0 saturated carbocycles. The first-order valence-corrected chi connectivity index (χ1v) is 8.72. The van der Waals surface area contributed by atoms with Crippen LogP contribution < -0.4 is 0 Å². The van der Waals surface area contributed by atoms with Gasteiger partial charge < -0.3 is 14.6 Å². The van der Waals surface area contributed by atoms with Crippen LogP contribution in [0.15, 0.2) is 42.5 Å².